The predicted molar refractivity (Wildman–Crippen MR) is 74.9 cm³/mol. The summed E-state index contributed by atoms with van der Waals surface area (Å²) in [5.41, 5.74) is 0. The van der Waals surface area contributed by atoms with Crippen LogP contribution in [0, 0.1) is 5.92 Å². The fourth-order valence-corrected chi connectivity index (χ4v) is 1.31. The van der Waals surface area contributed by atoms with Crippen molar-refractivity contribution in [1.82, 2.24) is 5.32 Å². The Labute approximate surface area is 106 Å². The van der Waals surface area contributed by atoms with Crippen LogP contribution >= 0.6 is 0 Å². The summed E-state index contributed by atoms with van der Waals surface area (Å²) < 4.78 is 0. The number of unbranched alkanes of at least 4 members (excludes halogenated alkanes) is 3. The molecule has 0 radical (unpaired) electrons. The van der Waals surface area contributed by atoms with Crippen LogP contribution in [-0.4, -0.2) is 12.5 Å². The summed E-state index contributed by atoms with van der Waals surface area (Å²) in [4.78, 5) is 11.4. The third kappa shape index (κ3) is 11.2. The van der Waals surface area contributed by atoms with Gasteiger partial charge >= 0.3 is 0 Å². The molecule has 0 saturated heterocycles. The number of nitrogens with one attached hydrogen (secondary N) is 1. The highest BCUT2D eigenvalue weighted by molar-refractivity contribution is 5.87. The zero-order valence-corrected chi connectivity index (χ0v) is 11.5. The highest BCUT2D eigenvalue weighted by atomic mass is 16.1. The van der Waals surface area contributed by atoms with Gasteiger partial charge in [-0.2, -0.15) is 0 Å². The Kier molecular flexibility index (Phi) is 10.7. The van der Waals surface area contributed by atoms with Gasteiger partial charge in [0, 0.05) is 12.6 Å². The van der Waals surface area contributed by atoms with E-state index in [1.807, 2.05) is 12.2 Å². The lowest BCUT2D eigenvalue weighted by Crippen LogP contribution is -2.26. The second kappa shape index (κ2) is 11.4. The zero-order chi connectivity index (χ0) is 12.9. The standard InChI is InChI=1S/C15H27NO/c1-4-6-7-8-9-10-11-12-15(17)16-13-14(3)5-2/h9-12,14H,4-8,13H2,1-3H3,(H,16,17)/b10-9-,12-11+. The predicted octanol–water partition coefficient (Wildman–Crippen LogP) is 3.84. The van der Waals surface area contributed by atoms with Gasteiger partial charge in [-0.25, -0.2) is 0 Å². The quantitative estimate of drug-likeness (QED) is 0.368. The third-order valence-corrected chi connectivity index (χ3v) is 2.79. The largest absolute Gasteiger partial charge is 0.352 e. The van der Waals surface area contributed by atoms with Crippen molar-refractivity contribution in [2.24, 2.45) is 5.92 Å². The van der Waals surface area contributed by atoms with Gasteiger partial charge in [-0.1, -0.05) is 58.3 Å². The molecular formula is C15H27NO. The monoisotopic (exact) mass is 237 g/mol. The highest BCUT2D eigenvalue weighted by Crippen LogP contribution is 1.99. The number of carbonyl (C=O) groups excluding carboxylic acids is 1. The van der Waals surface area contributed by atoms with Crippen LogP contribution in [0.1, 0.15) is 52.9 Å². The number of hydrogen-bond donors (Lipinski definition) is 1. The Morgan fingerprint density at radius 2 is 2.00 bits per heavy atom. The van der Waals surface area contributed by atoms with Gasteiger partial charge in [-0.3, -0.25) is 4.79 Å². The molecule has 2 heteroatoms. The molecule has 0 aromatic rings. The maximum atomic E-state index is 11.4. The van der Waals surface area contributed by atoms with E-state index in [0.717, 1.165) is 19.4 Å². The molecule has 0 aliphatic heterocycles. The summed E-state index contributed by atoms with van der Waals surface area (Å²) in [5, 5.41) is 2.88. The van der Waals surface area contributed by atoms with E-state index in [2.05, 4.69) is 32.2 Å². The van der Waals surface area contributed by atoms with Crippen molar-refractivity contribution in [3.63, 3.8) is 0 Å². The van der Waals surface area contributed by atoms with Crippen LogP contribution in [0.25, 0.3) is 0 Å². The summed E-state index contributed by atoms with van der Waals surface area (Å²) in [6.07, 6.45) is 13.5. The molecule has 1 atom stereocenters. The fraction of sp³-hybridized carbons (Fsp3) is 0.667. The molecule has 2 nitrogen and oxygen atoms in total. The lowest BCUT2D eigenvalue weighted by atomic mass is 10.1. The second-order valence-corrected chi connectivity index (χ2v) is 4.54. The Hall–Kier alpha value is -1.05. The topological polar surface area (TPSA) is 29.1 Å². The molecule has 0 spiro atoms. The van der Waals surface area contributed by atoms with Crippen molar-refractivity contribution in [2.75, 3.05) is 6.54 Å². The van der Waals surface area contributed by atoms with Crippen LogP contribution in [0.2, 0.25) is 0 Å². The zero-order valence-electron chi connectivity index (χ0n) is 11.5. The van der Waals surface area contributed by atoms with Gasteiger partial charge in [0.1, 0.15) is 0 Å². The van der Waals surface area contributed by atoms with Crippen molar-refractivity contribution < 1.29 is 4.79 Å². The Balaban J connectivity index is 3.59. The molecule has 0 aliphatic carbocycles. The van der Waals surface area contributed by atoms with Gasteiger partial charge < -0.3 is 5.32 Å². The molecule has 0 fully saturated rings. The Bertz CT molecular complexity index is 243. The van der Waals surface area contributed by atoms with Crippen molar-refractivity contribution in [3.8, 4) is 0 Å². The van der Waals surface area contributed by atoms with Crippen molar-refractivity contribution >= 4 is 5.91 Å². The first-order valence-electron chi connectivity index (χ1n) is 6.81. The number of amides is 1. The normalized spacial score (nSPS) is 13.4. The molecule has 1 N–H and O–H groups in total. The molecule has 0 aromatic carbocycles. The molecule has 0 rings (SSSR count). The van der Waals surface area contributed by atoms with Gasteiger partial charge in [0.05, 0.1) is 0 Å². The van der Waals surface area contributed by atoms with Crippen LogP contribution in [-0.2, 0) is 4.79 Å². The minimum Gasteiger partial charge on any atom is -0.352 e. The maximum Gasteiger partial charge on any atom is 0.243 e. The van der Waals surface area contributed by atoms with Crippen LogP contribution in [0.5, 0.6) is 0 Å². The molecule has 1 unspecified atom stereocenters. The van der Waals surface area contributed by atoms with E-state index in [1.165, 1.54) is 19.3 Å². The van der Waals surface area contributed by atoms with E-state index < -0.39 is 0 Å². The van der Waals surface area contributed by atoms with E-state index >= 15 is 0 Å². The van der Waals surface area contributed by atoms with Crippen LogP contribution in [0.3, 0.4) is 0 Å². The van der Waals surface area contributed by atoms with E-state index in [4.69, 9.17) is 0 Å². The molecular weight excluding hydrogens is 210 g/mol. The molecule has 0 heterocycles. The summed E-state index contributed by atoms with van der Waals surface area (Å²) >= 11 is 0. The fourth-order valence-electron chi connectivity index (χ4n) is 1.31. The number of allylic oxidation sites excluding steroid dienone is 3. The molecule has 0 aromatic heterocycles. The van der Waals surface area contributed by atoms with Gasteiger partial charge in [0.2, 0.25) is 5.91 Å². The van der Waals surface area contributed by atoms with Crippen LogP contribution in [0.4, 0.5) is 0 Å². The summed E-state index contributed by atoms with van der Waals surface area (Å²) in [6.45, 7) is 7.23. The maximum absolute atomic E-state index is 11.4. The highest BCUT2D eigenvalue weighted by Gasteiger charge is 1.99. The molecule has 0 bridgehead atoms. The van der Waals surface area contributed by atoms with Crippen molar-refractivity contribution in [3.05, 3.63) is 24.3 Å². The first-order chi connectivity index (χ1) is 8.20. The average molecular weight is 237 g/mol. The van der Waals surface area contributed by atoms with Crippen LogP contribution in [0.15, 0.2) is 24.3 Å². The summed E-state index contributed by atoms with van der Waals surface area (Å²) in [5.74, 6) is 0.556. The molecule has 0 aliphatic rings. The third-order valence-electron chi connectivity index (χ3n) is 2.79. The van der Waals surface area contributed by atoms with E-state index in [1.54, 1.807) is 6.08 Å². The van der Waals surface area contributed by atoms with E-state index in [9.17, 15) is 4.79 Å². The lowest BCUT2D eigenvalue weighted by molar-refractivity contribution is -0.116. The minimum absolute atomic E-state index is 0.00325. The SMILES string of the molecule is CCCCC/C=C\C=C\C(=O)NCC(C)CC. The van der Waals surface area contributed by atoms with Crippen molar-refractivity contribution in [2.45, 2.75) is 52.9 Å². The van der Waals surface area contributed by atoms with Gasteiger partial charge in [-0.05, 0) is 18.8 Å². The number of hydrogen-bond acceptors (Lipinski definition) is 1. The van der Waals surface area contributed by atoms with Gasteiger partial charge in [0.25, 0.3) is 0 Å². The smallest absolute Gasteiger partial charge is 0.243 e. The molecule has 0 saturated carbocycles. The average Bonchev–Trinajstić information content (AvgIpc) is 2.34. The second-order valence-electron chi connectivity index (χ2n) is 4.54. The van der Waals surface area contributed by atoms with E-state index in [-0.39, 0.29) is 5.91 Å². The van der Waals surface area contributed by atoms with Gasteiger partial charge in [-0.15, -0.1) is 0 Å². The summed E-state index contributed by atoms with van der Waals surface area (Å²) in [6, 6.07) is 0. The minimum atomic E-state index is 0.00325. The number of rotatable bonds is 9. The van der Waals surface area contributed by atoms with E-state index in [0.29, 0.717) is 5.92 Å². The first-order valence-corrected chi connectivity index (χ1v) is 6.81. The molecule has 17 heavy (non-hydrogen) atoms. The summed E-state index contributed by atoms with van der Waals surface area (Å²) in [7, 11) is 0. The first kappa shape index (κ1) is 16.0. The lowest BCUT2D eigenvalue weighted by Gasteiger charge is -2.07. The van der Waals surface area contributed by atoms with Crippen molar-refractivity contribution in [1.29, 1.82) is 0 Å². The molecule has 98 valence electrons. The van der Waals surface area contributed by atoms with Gasteiger partial charge in [0.15, 0.2) is 0 Å². The number of carbonyl (C=O) groups is 1. The Morgan fingerprint density at radius 1 is 1.24 bits per heavy atom. The van der Waals surface area contributed by atoms with Crippen LogP contribution < -0.4 is 5.32 Å². The molecule has 1 amide bonds. The Morgan fingerprint density at radius 3 is 2.65 bits per heavy atom.